The normalized spacial score (nSPS) is 10.3. The van der Waals surface area contributed by atoms with E-state index in [1.54, 1.807) is 6.07 Å². The minimum Gasteiger partial charge on any atom is -0.473 e. The average Bonchev–Trinajstić information content (AvgIpc) is 2.46. The Morgan fingerprint density at radius 3 is 2.70 bits per heavy atom. The number of nitrogens with zero attached hydrogens (tertiary/aromatic N) is 2. The Morgan fingerprint density at radius 1 is 1.25 bits per heavy atom. The predicted octanol–water partition coefficient (Wildman–Crippen LogP) is 2.19. The van der Waals surface area contributed by atoms with Crippen molar-refractivity contribution in [1.29, 1.82) is 0 Å². The highest BCUT2D eigenvalue weighted by Gasteiger charge is 2.10. The summed E-state index contributed by atoms with van der Waals surface area (Å²) in [6, 6.07) is 11.4. The highest BCUT2D eigenvalue weighted by atomic mass is 16.5. The molecule has 0 aliphatic rings. The Hall–Kier alpha value is -2.43. The number of ether oxygens (including phenoxy) is 1. The largest absolute Gasteiger partial charge is 0.473 e. The maximum absolute atomic E-state index is 11.8. The molecule has 1 aromatic heterocycles. The molecule has 0 bridgehead atoms. The zero-order valence-electron chi connectivity index (χ0n) is 11.5. The third kappa shape index (κ3) is 4.05. The van der Waals surface area contributed by atoms with Gasteiger partial charge in [0, 0.05) is 12.1 Å². The van der Waals surface area contributed by atoms with Gasteiger partial charge in [-0.2, -0.15) is 0 Å². The van der Waals surface area contributed by atoms with Crippen LogP contribution in [-0.4, -0.2) is 21.9 Å². The van der Waals surface area contributed by atoms with Crippen molar-refractivity contribution in [2.24, 2.45) is 0 Å². The molecule has 1 aromatic carbocycles. The van der Waals surface area contributed by atoms with E-state index >= 15 is 0 Å². The number of aromatic nitrogens is 2. The fourth-order valence-electron chi connectivity index (χ4n) is 1.61. The van der Waals surface area contributed by atoms with Gasteiger partial charge >= 0.3 is 0 Å². The molecule has 0 aliphatic carbocycles. The second kappa shape index (κ2) is 6.65. The molecule has 5 heteroatoms. The first kappa shape index (κ1) is 14.0. The molecule has 0 aliphatic heterocycles. The maximum Gasteiger partial charge on any atom is 0.270 e. The van der Waals surface area contributed by atoms with Gasteiger partial charge in [-0.3, -0.25) is 4.79 Å². The molecule has 5 nitrogen and oxygen atoms in total. The first-order valence-electron chi connectivity index (χ1n) is 6.45. The van der Waals surface area contributed by atoms with Crippen molar-refractivity contribution in [3.05, 3.63) is 54.0 Å². The second-order valence-electron chi connectivity index (χ2n) is 4.64. The zero-order valence-corrected chi connectivity index (χ0v) is 11.5. The van der Waals surface area contributed by atoms with Crippen LogP contribution in [0.3, 0.4) is 0 Å². The molecule has 0 saturated carbocycles. The smallest absolute Gasteiger partial charge is 0.270 e. The fraction of sp³-hybridized carbons (Fsp3) is 0.267. The number of amides is 1. The average molecular weight is 271 g/mol. The van der Waals surface area contributed by atoms with Gasteiger partial charge in [0.05, 0.1) is 0 Å². The summed E-state index contributed by atoms with van der Waals surface area (Å²) in [7, 11) is 0. The molecule has 0 radical (unpaired) electrons. The Morgan fingerprint density at radius 2 is 2.00 bits per heavy atom. The number of hydrogen-bond acceptors (Lipinski definition) is 4. The van der Waals surface area contributed by atoms with Crippen molar-refractivity contribution in [2.75, 3.05) is 0 Å². The van der Waals surface area contributed by atoms with Gasteiger partial charge in [0.2, 0.25) is 5.88 Å². The molecule has 0 spiro atoms. The van der Waals surface area contributed by atoms with Crippen molar-refractivity contribution in [3.8, 4) is 5.88 Å². The van der Waals surface area contributed by atoms with Gasteiger partial charge in [-0.25, -0.2) is 9.97 Å². The Bertz CT molecular complexity index is 570. The van der Waals surface area contributed by atoms with E-state index in [2.05, 4.69) is 15.3 Å². The van der Waals surface area contributed by atoms with Crippen LogP contribution in [-0.2, 0) is 6.61 Å². The molecular weight excluding hydrogens is 254 g/mol. The molecule has 20 heavy (non-hydrogen) atoms. The minimum atomic E-state index is -0.230. The van der Waals surface area contributed by atoms with Crippen LogP contribution in [0.5, 0.6) is 5.88 Å². The number of rotatable bonds is 5. The predicted molar refractivity (Wildman–Crippen MR) is 75.4 cm³/mol. The van der Waals surface area contributed by atoms with E-state index in [-0.39, 0.29) is 11.9 Å². The summed E-state index contributed by atoms with van der Waals surface area (Å²) in [4.78, 5) is 19.8. The first-order valence-corrected chi connectivity index (χ1v) is 6.45. The van der Waals surface area contributed by atoms with E-state index < -0.39 is 0 Å². The molecule has 0 fully saturated rings. The first-order chi connectivity index (χ1) is 9.65. The summed E-state index contributed by atoms with van der Waals surface area (Å²) in [6.45, 7) is 4.20. The topological polar surface area (TPSA) is 64.1 Å². The lowest BCUT2D eigenvalue weighted by atomic mass is 10.2. The summed E-state index contributed by atoms with van der Waals surface area (Å²) in [5.74, 6) is 0.157. The van der Waals surface area contributed by atoms with Gasteiger partial charge in [0.1, 0.15) is 18.6 Å². The third-order valence-corrected chi connectivity index (χ3v) is 2.52. The van der Waals surface area contributed by atoms with Crippen molar-refractivity contribution in [2.45, 2.75) is 26.5 Å². The molecule has 0 saturated heterocycles. The number of hydrogen-bond donors (Lipinski definition) is 1. The number of nitrogens with one attached hydrogen (secondary N) is 1. The van der Waals surface area contributed by atoms with Crippen LogP contribution in [0.15, 0.2) is 42.7 Å². The monoisotopic (exact) mass is 271 g/mol. The van der Waals surface area contributed by atoms with Crippen LogP contribution in [0.2, 0.25) is 0 Å². The molecular formula is C15H17N3O2. The van der Waals surface area contributed by atoms with Crippen molar-refractivity contribution in [1.82, 2.24) is 15.3 Å². The standard InChI is InChI=1S/C15H17N3O2/c1-11(2)18-15(19)13-8-14(17-10-16-13)20-9-12-6-4-3-5-7-12/h3-8,10-11H,9H2,1-2H3,(H,18,19). The lowest BCUT2D eigenvalue weighted by molar-refractivity contribution is 0.0937. The Kier molecular flexibility index (Phi) is 4.65. The van der Waals surface area contributed by atoms with E-state index in [1.165, 1.54) is 6.33 Å². The third-order valence-electron chi connectivity index (χ3n) is 2.52. The molecule has 2 rings (SSSR count). The van der Waals surface area contributed by atoms with E-state index in [0.29, 0.717) is 18.2 Å². The Labute approximate surface area is 118 Å². The molecule has 1 heterocycles. The lowest BCUT2D eigenvalue weighted by Gasteiger charge is -2.09. The van der Waals surface area contributed by atoms with Crippen LogP contribution >= 0.6 is 0 Å². The summed E-state index contributed by atoms with van der Waals surface area (Å²) >= 11 is 0. The van der Waals surface area contributed by atoms with Gasteiger partial charge in [0.15, 0.2) is 0 Å². The molecule has 0 unspecified atom stereocenters. The summed E-state index contributed by atoms with van der Waals surface area (Å²) in [5.41, 5.74) is 1.34. The molecule has 1 amide bonds. The van der Waals surface area contributed by atoms with Crippen LogP contribution in [0.4, 0.5) is 0 Å². The summed E-state index contributed by atoms with van der Waals surface area (Å²) in [5, 5.41) is 2.78. The zero-order chi connectivity index (χ0) is 14.4. The highest BCUT2D eigenvalue weighted by Crippen LogP contribution is 2.10. The van der Waals surface area contributed by atoms with E-state index in [1.807, 2.05) is 44.2 Å². The van der Waals surface area contributed by atoms with Gasteiger partial charge in [-0.1, -0.05) is 30.3 Å². The lowest BCUT2D eigenvalue weighted by Crippen LogP contribution is -2.30. The van der Waals surface area contributed by atoms with Gasteiger partial charge < -0.3 is 10.1 Å². The Balaban J connectivity index is 2.01. The summed E-state index contributed by atoms with van der Waals surface area (Å²) in [6.07, 6.45) is 1.33. The number of benzene rings is 1. The van der Waals surface area contributed by atoms with E-state index in [4.69, 9.17) is 4.74 Å². The summed E-state index contributed by atoms with van der Waals surface area (Å²) < 4.78 is 5.56. The fourth-order valence-corrected chi connectivity index (χ4v) is 1.61. The second-order valence-corrected chi connectivity index (χ2v) is 4.64. The van der Waals surface area contributed by atoms with Crippen molar-refractivity contribution >= 4 is 5.91 Å². The minimum absolute atomic E-state index is 0.0613. The molecule has 104 valence electrons. The van der Waals surface area contributed by atoms with Gasteiger partial charge in [-0.05, 0) is 19.4 Å². The number of carbonyl (C=O) groups excluding carboxylic acids is 1. The van der Waals surface area contributed by atoms with Crippen molar-refractivity contribution < 1.29 is 9.53 Å². The highest BCUT2D eigenvalue weighted by molar-refractivity contribution is 5.92. The number of carbonyl (C=O) groups is 1. The van der Waals surface area contributed by atoms with E-state index in [9.17, 15) is 4.79 Å². The molecule has 2 aromatic rings. The van der Waals surface area contributed by atoms with Crippen LogP contribution < -0.4 is 10.1 Å². The van der Waals surface area contributed by atoms with Crippen LogP contribution in [0, 0.1) is 0 Å². The van der Waals surface area contributed by atoms with Crippen LogP contribution in [0.25, 0.3) is 0 Å². The molecule has 1 N–H and O–H groups in total. The van der Waals surface area contributed by atoms with Gasteiger partial charge in [0.25, 0.3) is 5.91 Å². The maximum atomic E-state index is 11.8. The van der Waals surface area contributed by atoms with E-state index in [0.717, 1.165) is 5.56 Å². The van der Waals surface area contributed by atoms with Crippen molar-refractivity contribution in [3.63, 3.8) is 0 Å². The van der Waals surface area contributed by atoms with Crippen LogP contribution in [0.1, 0.15) is 29.9 Å². The van der Waals surface area contributed by atoms with Gasteiger partial charge in [-0.15, -0.1) is 0 Å². The quantitative estimate of drug-likeness (QED) is 0.905. The molecule has 0 atom stereocenters. The SMILES string of the molecule is CC(C)NC(=O)c1cc(OCc2ccccc2)ncn1.